The largest absolute Gasteiger partial charge is 0.0807 e. The fourth-order valence-electron chi connectivity index (χ4n) is 2.19. The monoisotopic (exact) mass is 186 g/mol. The molecule has 0 aromatic carbocycles. The lowest BCUT2D eigenvalue weighted by atomic mass is 9.93. The molecule has 2 aliphatic carbocycles. The van der Waals surface area contributed by atoms with Gasteiger partial charge in [-0.05, 0) is 42.4 Å². The Morgan fingerprint density at radius 2 is 2.14 bits per heavy atom. The molecule has 0 aromatic heterocycles. The maximum absolute atomic E-state index is 2.39. The molecule has 0 fully saturated rings. The first kappa shape index (κ1) is 9.51. The minimum atomic E-state index is 0.680. The van der Waals surface area contributed by atoms with Crippen LogP contribution in [0.3, 0.4) is 0 Å². The maximum atomic E-state index is 2.39. The molecule has 0 spiro atoms. The van der Waals surface area contributed by atoms with E-state index in [1.54, 1.807) is 0 Å². The van der Waals surface area contributed by atoms with E-state index in [1.165, 1.54) is 28.7 Å². The Hall–Kier alpha value is -1.04. The Balaban J connectivity index is 2.41. The number of hydrogen-bond acceptors (Lipinski definition) is 0. The minimum absolute atomic E-state index is 0.680. The van der Waals surface area contributed by atoms with Gasteiger partial charge in [-0.15, -0.1) is 0 Å². The average Bonchev–Trinajstić information content (AvgIpc) is 2.45. The van der Waals surface area contributed by atoms with E-state index >= 15 is 0 Å². The molecule has 0 amide bonds. The van der Waals surface area contributed by atoms with E-state index in [2.05, 4.69) is 45.1 Å². The number of rotatable bonds is 1. The molecule has 0 aromatic rings. The minimum Gasteiger partial charge on any atom is -0.0807 e. The quantitative estimate of drug-likeness (QED) is 0.576. The smallest absolute Gasteiger partial charge is 0.0150 e. The summed E-state index contributed by atoms with van der Waals surface area (Å²) in [4.78, 5) is 0. The predicted octanol–water partition coefficient (Wildman–Crippen LogP) is 4.18. The van der Waals surface area contributed by atoms with Crippen LogP contribution in [0.4, 0.5) is 0 Å². The van der Waals surface area contributed by atoms with Crippen molar-refractivity contribution >= 4 is 0 Å². The normalized spacial score (nSPS) is 25.8. The summed E-state index contributed by atoms with van der Waals surface area (Å²) in [5.41, 5.74) is 5.92. The van der Waals surface area contributed by atoms with Crippen LogP contribution in [-0.2, 0) is 0 Å². The first-order valence-corrected chi connectivity index (χ1v) is 5.52. The highest BCUT2D eigenvalue weighted by atomic mass is 14.2. The molecule has 0 N–H and O–H groups in total. The predicted molar refractivity (Wildman–Crippen MR) is 62.1 cm³/mol. The van der Waals surface area contributed by atoms with Crippen LogP contribution >= 0.6 is 0 Å². The maximum Gasteiger partial charge on any atom is -0.0150 e. The van der Waals surface area contributed by atoms with Crippen molar-refractivity contribution in [1.29, 1.82) is 0 Å². The summed E-state index contributed by atoms with van der Waals surface area (Å²) in [5.74, 6) is 0.680. The second-order valence-electron chi connectivity index (χ2n) is 4.30. The number of fused-ring (bicyclic) bond motifs is 1. The molecule has 0 heteroatoms. The fraction of sp³-hybridized carbons (Fsp3) is 0.429. The average molecular weight is 186 g/mol. The molecule has 14 heavy (non-hydrogen) atoms. The van der Waals surface area contributed by atoms with E-state index in [4.69, 9.17) is 0 Å². The zero-order chi connectivity index (χ0) is 10.1. The summed E-state index contributed by atoms with van der Waals surface area (Å²) in [7, 11) is 0. The van der Waals surface area contributed by atoms with Gasteiger partial charge in [-0.1, -0.05) is 43.7 Å². The zero-order valence-corrected chi connectivity index (χ0v) is 9.30. The van der Waals surface area contributed by atoms with Crippen molar-refractivity contribution in [3.8, 4) is 0 Å². The van der Waals surface area contributed by atoms with Gasteiger partial charge in [-0.3, -0.25) is 0 Å². The van der Waals surface area contributed by atoms with Gasteiger partial charge in [0.15, 0.2) is 0 Å². The molecular weight excluding hydrogens is 168 g/mol. The topological polar surface area (TPSA) is 0 Å². The van der Waals surface area contributed by atoms with Crippen molar-refractivity contribution in [2.75, 3.05) is 0 Å². The molecule has 0 radical (unpaired) electrons. The molecule has 0 heterocycles. The van der Waals surface area contributed by atoms with E-state index in [1.807, 2.05) is 0 Å². The molecule has 0 aliphatic heterocycles. The van der Waals surface area contributed by atoms with Crippen molar-refractivity contribution in [2.45, 2.75) is 33.6 Å². The Bertz CT molecular complexity index is 361. The summed E-state index contributed by atoms with van der Waals surface area (Å²) in [5, 5.41) is 0. The second kappa shape index (κ2) is 3.61. The molecule has 0 bridgehead atoms. The highest BCUT2D eigenvalue weighted by Gasteiger charge is 2.19. The SMILES string of the molecule is CCC1=CCC(C)C2=CC=C(C)C2=C1. The first-order chi connectivity index (χ1) is 6.72. The van der Waals surface area contributed by atoms with Crippen LogP contribution in [-0.4, -0.2) is 0 Å². The van der Waals surface area contributed by atoms with Gasteiger partial charge < -0.3 is 0 Å². The van der Waals surface area contributed by atoms with Gasteiger partial charge in [0, 0.05) is 0 Å². The number of allylic oxidation sites excluding steroid dienone is 8. The van der Waals surface area contributed by atoms with Gasteiger partial charge in [0.2, 0.25) is 0 Å². The summed E-state index contributed by atoms with van der Waals surface area (Å²) < 4.78 is 0. The third-order valence-electron chi connectivity index (χ3n) is 3.25. The number of hydrogen-bond donors (Lipinski definition) is 0. The highest BCUT2D eigenvalue weighted by Crippen LogP contribution is 2.36. The van der Waals surface area contributed by atoms with Gasteiger partial charge in [0.25, 0.3) is 0 Å². The Labute approximate surface area is 86.7 Å². The second-order valence-corrected chi connectivity index (χ2v) is 4.30. The van der Waals surface area contributed by atoms with Gasteiger partial charge in [0.05, 0.1) is 0 Å². The Morgan fingerprint density at radius 1 is 1.36 bits per heavy atom. The van der Waals surface area contributed by atoms with Crippen molar-refractivity contribution in [3.05, 3.63) is 46.6 Å². The Morgan fingerprint density at radius 3 is 2.86 bits per heavy atom. The van der Waals surface area contributed by atoms with Crippen LogP contribution in [0.25, 0.3) is 0 Å². The van der Waals surface area contributed by atoms with E-state index in [0.29, 0.717) is 5.92 Å². The summed E-state index contributed by atoms with van der Waals surface area (Å²) >= 11 is 0. The van der Waals surface area contributed by atoms with E-state index in [0.717, 1.165) is 6.42 Å². The van der Waals surface area contributed by atoms with Crippen LogP contribution in [0.2, 0.25) is 0 Å². The van der Waals surface area contributed by atoms with Gasteiger partial charge in [-0.25, -0.2) is 0 Å². The zero-order valence-electron chi connectivity index (χ0n) is 9.30. The fourth-order valence-corrected chi connectivity index (χ4v) is 2.19. The lowest BCUT2D eigenvalue weighted by Gasteiger charge is -2.11. The van der Waals surface area contributed by atoms with Gasteiger partial charge in [-0.2, -0.15) is 0 Å². The van der Waals surface area contributed by atoms with Gasteiger partial charge in [0.1, 0.15) is 0 Å². The summed E-state index contributed by atoms with van der Waals surface area (Å²) in [6.07, 6.45) is 11.6. The molecule has 0 saturated carbocycles. The van der Waals surface area contributed by atoms with Crippen LogP contribution in [0, 0.1) is 5.92 Å². The molecule has 0 saturated heterocycles. The van der Waals surface area contributed by atoms with Crippen LogP contribution in [0.15, 0.2) is 46.6 Å². The lowest BCUT2D eigenvalue weighted by Crippen LogP contribution is -1.97. The van der Waals surface area contributed by atoms with Crippen LogP contribution < -0.4 is 0 Å². The van der Waals surface area contributed by atoms with Crippen molar-refractivity contribution in [2.24, 2.45) is 5.92 Å². The van der Waals surface area contributed by atoms with Crippen LogP contribution in [0.5, 0.6) is 0 Å². The van der Waals surface area contributed by atoms with Crippen LogP contribution in [0.1, 0.15) is 33.6 Å². The standard InChI is InChI=1S/C14H18/c1-4-12-7-5-10(2)13-8-6-11(3)14(13)9-12/h6-10H,4-5H2,1-3H3. The van der Waals surface area contributed by atoms with Crippen molar-refractivity contribution < 1.29 is 0 Å². The van der Waals surface area contributed by atoms with E-state index in [9.17, 15) is 0 Å². The van der Waals surface area contributed by atoms with E-state index < -0.39 is 0 Å². The van der Waals surface area contributed by atoms with Gasteiger partial charge >= 0.3 is 0 Å². The molecule has 74 valence electrons. The highest BCUT2D eigenvalue weighted by molar-refractivity contribution is 5.58. The molecule has 2 rings (SSSR count). The third-order valence-corrected chi connectivity index (χ3v) is 3.25. The summed E-state index contributed by atoms with van der Waals surface area (Å²) in [6, 6.07) is 0. The Kier molecular flexibility index (Phi) is 2.45. The molecule has 0 nitrogen and oxygen atoms in total. The summed E-state index contributed by atoms with van der Waals surface area (Å²) in [6.45, 7) is 6.76. The molecule has 1 atom stereocenters. The molecular formula is C14H18. The molecule has 1 unspecified atom stereocenters. The third kappa shape index (κ3) is 1.50. The van der Waals surface area contributed by atoms with Crippen molar-refractivity contribution in [3.63, 3.8) is 0 Å². The van der Waals surface area contributed by atoms with E-state index in [-0.39, 0.29) is 0 Å². The molecule has 2 aliphatic rings. The first-order valence-electron chi connectivity index (χ1n) is 5.52. The van der Waals surface area contributed by atoms with Crippen molar-refractivity contribution in [1.82, 2.24) is 0 Å². The lowest BCUT2D eigenvalue weighted by molar-refractivity contribution is 0.709.